The number of rotatable bonds is 4. The Bertz CT molecular complexity index is 1190. The second-order valence-electron chi connectivity index (χ2n) is 8.30. The smallest absolute Gasteiger partial charge is 0.397 e. The largest absolute Gasteiger partial charge is 0.457 e. The maximum absolute atomic E-state index is 13.4. The Kier molecular flexibility index (Phi) is 6.07. The van der Waals surface area contributed by atoms with Crippen molar-refractivity contribution in [2.45, 2.75) is 25.9 Å². The molecule has 4 rings (SSSR count). The molecular weight excluding hydrogens is 449 g/mol. The summed E-state index contributed by atoms with van der Waals surface area (Å²) in [7, 11) is 1.51. The van der Waals surface area contributed by atoms with Crippen LogP contribution in [-0.2, 0) is 6.42 Å². The van der Waals surface area contributed by atoms with Crippen LogP contribution in [0.15, 0.2) is 60.5 Å². The molecule has 7 nitrogen and oxygen atoms in total. The summed E-state index contributed by atoms with van der Waals surface area (Å²) in [5.41, 5.74) is -0.165. The fourth-order valence-corrected chi connectivity index (χ4v) is 3.86. The van der Waals surface area contributed by atoms with E-state index in [0.717, 1.165) is 18.6 Å². The quantitative estimate of drug-likeness (QED) is 0.675. The van der Waals surface area contributed by atoms with Crippen LogP contribution in [0.5, 0.6) is 11.5 Å². The second-order valence-corrected chi connectivity index (χ2v) is 8.30. The summed E-state index contributed by atoms with van der Waals surface area (Å²) in [6, 6.07) is 7.85. The number of anilines is 1. The van der Waals surface area contributed by atoms with Crippen molar-refractivity contribution in [2.75, 3.05) is 18.5 Å². The number of carbonyl (C=O) groups excluding carboxylic acids is 2. The second kappa shape index (κ2) is 8.85. The summed E-state index contributed by atoms with van der Waals surface area (Å²) in [6.07, 6.45) is 1.40. The number of aromatic nitrogens is 1. The summed E-state index contributed by atoms with van der Waals surface area (Å²) in [6.45, 7) is 1.49. The first-order valence-electron chi connectivity index (χ1n) is 10.6. The molecule has 2 aromatic rings. The van der Waals surface area contributed by atoms with Gasteiger partial charge in [-0.2, -0.15) is 13.2 Å². The minimum atomic E-state index is -4.42. The number of nitrogens with one attached hydrogen (secondary N) is 2. The van der Waals surface area contributed by atoms with E-state index in [1.54, 1.807) is 24.3 Å². The van der Waals surface area contributed by atoms with Gasteiger partial charge in [-0.15, -0.1) is 0 Å². The number of fused-ring (bicyclic) bond motifs is 1. The zero-order valence-corrected chi connectivity index (χ0v) is 18.6. The lowest BCUT2D eigenvalue weighted by atomic mass is 9.82. The van der Waals surface area contributed by atoms with Crippen molar-refractivity contribution in [3.63, 3.8) is 0 Å². The molecule has 3 amide bonds. The molecule has 2 N–H and O–H groups in total. The van der Waals surface area contributed by atoms with E-state index < -0.39 is 17.6 Å². The van der Waals surface area contributed by atoms with Crippen molar-refractivity contribution in [3.05, 3.63) is 71.7 Å². The molecule has 0 radical (unpaired) electrons. The number of carbonyl (C=O) groups is 2. The molecule has 0 saturated carbocycles. The average Bonchev–Trinajstić information content (AvgIpc) is 3.21. The van der Waals surface area contributed by atoms with Crippen molar-refractivity contribution in [1.29, 1.82) is 0 Å². The van der Waals surface area contributed by atoms with Gasteiger partial charge in [-0.05, 0) is 61.7 Å². The third-order valence-electron chi connectivity index (χ3n) is 5.83. The zero-order valence-electron chi connectivity index (χ0n) is 18.6. The first kappa shape index (κ1) is 23.3. The van der Waals surface area contributed by atoms with Gasteiger partial charge in [0.05, 0.1) is 5.41 Å². The molecule has 0 bridgehead atoms. The van der Waals surface area contributed by atoms with Crippen molar-refractivity contribution in [1.82, 2.24) is 15.6 Å². The molecule has 1 aromatic carbocycles. The number of hydrogen-bond donors (Lipinski definition) is 2. The van der Waals surface area contributed by atoms with Crippen LogP contribution in [0.3, 0.4) is 0 Å². The van der Waals surface area contributed by atoms with Gasteiger partial charge < -0.3 is 15.4 Å². The number of amides is 3. The van der Waals surface area contributed by atoms with Crippen molar-refractivity contribution >= 4 is 17.6 Å². The first-order valence-corrected chi connectivity index (χ1v) is 10.6. The van der Waals surface area contributed by atoms with Crippen molar-refractivity contribution in [2.24, 2.45) is 5.41 Å². The van der Waals surface area contributed by atoms with Crippen LogP contribution >= 0.6 is 0 Å². The summed E-state index contributed by atoms with van der Waals surface area (Å²) in [4.78, 5) is 30.1. The molecule has 1 aliphatic carbocycles. The van der Waals surface area contributed by atoms with E-state index in [-0.39, 0.29) is 23.7 Å². The minimum absolute atomic E-state index is 0.120. The zero-order chi connectivity index (χ0) is 24.5. The molecule has 0 fully saturated rings. The van der Waals surface area contributed by atoms with Crippen LogP contribution in [-0.4, -0.2) is 36.7 Å². The van der Waals surface area contributed by atoms with Gasteiger partial charge >= 0.3 is 12.2 Å². The lowest BCUT2D eigenvalue weighted by Gasteiger charge is -2.31. The van der Waals surface area contributed by atoms with E-state index in [1.807, 2.05) is 0 Å². The highest BCUT2D eigenvalue weighted by molar-refractivity contribution is 5.95. The van der Waals surface area contributed by atoms with Crippen molar-refractivity contribution in [3.8, 4) is 11.5 Å². The highest BCUT2D eigenvalue weighted by Gasteiger charge is 2.49. The van der Waals surface area contributed by atoms with Crippen molar-refractivity contribution < 1.29 is 27.5 Å². The predicted octanol–water partition coefficient (Wildman–Crippen LogP) is 4.72. The Balaban J connectivity index is 1.47. The minimum Gasteiger partial charge on any atom is -0.457 e. The fraction of sp³-hybridized carbons (Fsp3) is 0.292. The molecule has 10 heteroatoms. The predicted molar refractivity (Wildman–Crippen MR) is 120 cm³/mol. The molecule has 1 unspecified atom stereocenters. The molecular formula is C24H23F3N4O3. The monoisotopic (exact) mass is 472 g/mol. The van der Waals surface area contributed by atoms with Crippen LogP contribution in [0, 0.1) is 5.41 Å². The number of pyridine rings is 1. The first-order chi connectivity index (χ1) is 16.1. The van der Waals surface area contributed by atoms with Gasteiger partial charge in [0, 0.05) is 37.2 Å². The lowest BCUT2D eigenvalue weighted by molar-refractivity contribution is -0.199. The standard InChI is InChI=1S/C24H23F3N4O3/c1-23(24(25,26)27)9-3-4-16(14-23)30-22(33)31-11-8-15-12-17(5-6-20(15)31)34-18-7-10-29-19(13-18)21(32)28-2/h3-7,10,12-14H,8-9,11H2,1-2H3,(H,28,32)(H,30,33). The normalized spacial score (nSPS) is 19.3. The number of allylic oxidation sites excluding steroid dienone is 3. The van der Waals surface area contributed by atoms with E-state index in [9.17, 15) is 22.8 Å². The Morgan fingerprint density at radius 3 is 2.68 bits per heavy atom. The topological polar surface area (TPSA) is 83.6 Å². The number of urea groups is 1. The Morgan fingerprint density at radius 2 is 1.94 bits per heavy atom. The fourth-order valence-electron chi connectivity index (χ4n) is 3.86. The van der Waals surface area contributed by atoms with Crippen LogP contribution < -0.4 is 20.3 Å². The maximum atomic E-state index is 13.4. The van der Waals surface area contributed by atoms with E-state index in [4.69, 9.17) is 4.74 Å². The van der Waals surface area contributed by atoms with Gasteiger partial charge in [-0.1, -0.05) is 6.08 Å². The summed E-state index contributed by atoms with van der Waals surface area (Å²) in [5.74, 6) is 0.623. The van der Waals surface area contributed by atoms with E-state index in [2.05, 4.69) is 15.6 Å². The highest BCUT2D eigenvalue weighted by atomic mass is 19.4. The third kappa shape index (κ3) is 4.61. The molecule has 34 heavy (non-hydrogen) atoms. The number of nitrogens with zero attached hydrogens (tertiary/aromatic N) is 2. The molecule has 1 aliphatic heterocycles. The van der Waals surface area contributed by atoms with E-state index >= 15 is 0 Å². The van der Waals surface area contributed by atoms with Gasteiger partial charge in [0.1, 0.15) is 17.2 Å². The summed E-state index contributed by atoms with van der Waals surface area (Å²) in [5, 5.41) is 5.09. The summed E-state index contributed by atoms with van der Waals surface area (Å²) < 4.78 is 46.0. The molecule has 0 saturated heterocycles. The average molecular weight is 472 g/mol. The summed E-state index contributed by atoms with van der Waals surface area (Å²) >= 11 is 0. The molecule has 2 aliphatic rings. The maximum Gasteiger partial charge on any atom is 0.397 e. The van der Waals surface area contributed by atoms with Crippen LogP contribution in [0.25, 0.3) is 0 Å². The van der Waals surface area contributed by atoms with E-state index in [1.165, 1.54) is 36.4 Å². The van der Waals surface area contributed by atoms with Gasteiger partial charge in [-0.3, -0.25) is 14.7 Å². The molecule has 2 heterocycles. The number of halogens is 3. The van der Waals surface area contributed by atoms with Crippen LogP contribution in [0.2, 0.25) is 0 Å². The van der Waals surface area contributed by atoms with Crippen LogP contribution in [0.4, 0.5) is 23.7 Å². The number of ether oxygens (including phenoxy) is 1. The molecule has 0 spiro atoms. The molecule has 1 aromatic heterocycles. The Hall–Kier alpha value is -3.82. The lowest BCUT2D eigenvalue weighted by Crippen LogP contribution is -2.40. The van der Waals surface area contributed by atoms with Gasteiger partial charge in [0.25, 0.3) is 5.91 Å². The third-order valence-corrected chi connectivity index (χ3v) is 5.83. The van der Waals surface area contributed by atoms with Crippen LogP contribution in [0.1, 0.15) is 29.4 Å². The Morgan fingerprint density at radius 1 is 1.18 bits per heavy atom. The Labute approximate surface area is 194 Å². The number of alkyl halides is 3. The van der Waals surface area contributed by atoms with Gasteiger partial charge in [0.15, 0.2) is 0 Å². The molecule has 178 valence electrons. The number of benzene rings is 1. The molecule has 1 atom stereocenters. The van der Waals surface area contributed by atoms with E-state index in [0.29, 0.717) is 30.2 Å². The number of hydrogen-bond acceptors (Lipinski definition) is 4. The van der Waals surface area contributed by atoms with Gasteiger partial charge in [0.2, 0.25) is 0 Å². The van der Waals surface area contributed by atoms with Gasteiger partial charge in [-0.25, -0.2) is 4.79 Å². The SMILES string of the molecule is CNC(=O)c1cc(Oc2ccc3c(c2)CCN3C(=O)NC2=CC(C)(C(F)(F)F)CC=C2)ccn1. The highest BCUT2D eigenvalue weighted by Crippen LogP contribution is 2.44.